The van der Waals surface area contributed by atoms with Crippen LogP contribution in [0.5, 0.6) is 11.5 Å². The third kappa shape index (κ3) is 2.96. The molecule has 1 heterocycles. The van der Waals surface area contributed by atoms with Crippen LogP contribution in [0.25, 0.3) is 21.5 Å². The lowest BCUT2D eigenvalue weighted by molar-refractivity contribution is -0.875. The standard InChI is InChI=1S/C21H24N4O2/c1-3-25(2)11-10-23-15-12-16-19(24-9-8-22-16)18-17(15)20(26)13-6-4-5-7-14(13)21(18)27/h4-7,12,23,26-27H,3,8-11H2,1-2H3/p+1. The molecule has 6 heteroatoms. The second kappa shape index (κ2) is 7.04. The van der Waals surface area contributed by atoms with Crippen LogP contribution >= 0.6 is 0 Å². The molecular formula is C21H25N4O2+. The molecule has 1 aliphatic rings. The van der Waals surface area contributed by atoms with Crippen molar-refractivity contribution in [1.29, 1.82) is 0 Å². The molecule has 27 heavy (non-hydrogen) atoms. The summed E-state index contributed by atoms with van der Waals surface area (Å²) >= 11 is 0. The maximum absolute atomic E-state index is 11.0. The molecule has 0 aromatic heterocycles. The minimum atomic E-state index is 0.149. The molecule has 3 aromatic carbocycles. The van der Waals surface area contributed by atoms with Crippen molar-refractivity contribution in [3.05, 3.63) is 41.0 Å². The third-order valence-corrected chi connectivity index (χ3v) is 5.31. The molecule has 0 amide bonds. The van der Waals surface area contributed by atoms with Crippen LogP contribution < -0.4 is 20.9 Å². The van der Waals surface area contributed by atoms with Gasteiger partial charge >= 0.3 is 0 Å². The van der Waals surface area contributed by atoms with E-state index in [1.807, 2.05) is 30.3 Å². The van der Waals surface area contributed by atoms with Crippen LogP contribution in [-0.2, 0) is 0 Å². The van der Waals surface area contributed by atoms with Crippen LogP contribution in [0.15, 0.2) is 40.3 Å². The number of quaternary nitrogens is 1. The highest BCUT2D eigenvalue weighted by molar-refractivity contribution is 6.14. The fourth-order valence-corrected chi connectivity index (χ4v) is 3.64. The number of nitrogens with one attached hydrogen (secondary N) is 2. The van der Waals surface area contributed by atoms with E-state index < -0.39 is 0 Å². The monoisotopic (exact) mass is 365 g/mol. The normalized spacial score (nSPS) is 14.4. The van der Waals surface area contributed by atoms with Crippen molar-refractivity contribution in [2.45, 2.75) is 6.92 Å². The minimum absolute atomic E-state index is 0.149. The summed E-state index contributed by atoms with van der Waals surface area (Å²) in [5.41, 5.74) is 0.784. The molecule has 140 valence electrons. The number of likely N-dealkylation sites (N-methyl/N-ethyl adjacent to an activating group) is 1. The molecule has 3 aromatic rings. The Morgan fingerprint density at radius 1 is 1.04 bits per heavy atom. The van der Waals surface area contributed by atoms with E-state index in [0.717, 1.165) is 30.7 Å². The number of aromatic hydroxyl groups is 2. The zero-order valence-corrected chi connectivity index (χ0v) is 15.7. The summed E-state index contributed by atoms with van der Waals surface area (Å²) in [6.45, 7) is 6.15. The number of phenolic OH excluding ortho intramolecular Hbond substituents is 2. The predicted molar refractivity (Wildman–Crippen MR) is 108 cm³/mol. The zero-order valence-electron chi connectivity index (χ0n) is 15.7. The maximum atomic E-state index is 11.0. The van der Waals surface area contributed by atoms with E-state index in [1.165, 1.54) is 4.90 Å². The predicted octanol–water partition coefficient (Wildman–Crippen LogP) is 0.604. The number of benzene rings is 3. The van der Waals surface area contributed by atoms with Crippen molar-refractivity contribution in [3.63, 3.8) is 0 Å². The lowest BCUT2D eigenvalue weighted by Crippen LogP contribution is -3.09. The SMILES string of the molecule is CC[NH+](C)CCNc1cc2c(c3c(O)c4ccccc4c(O)c13)=NCCN=2. The Kier molecular flexibility index (Phi) is 4.58. The molecule has 0 spiro atoms. The fraction of sp³-hybridized carbons (Fsp3) is 0.333. The van der Waals surface area contributed by atoms with Gasteiger partial charge in [-0.25, -0.2) is 0 Å². The van der Waals surface area contributed by atoms with Crippen LogP contribution in [0.2, 0.25) is 0 Å². The van der Waals surface area contributed by atoms with Crippen molar-refractivity contribution in [2.75, 3.05) is 45.1 Å². The van der Waals surface area contributed by atoms with Crippen molar-refractivity contribution in [3.8, 4) is 11.5 Å². The highest BCUT2D eigenvalue weighted by atomic mass is 16.3. The maximum Gasteiger partial charge on any atom is 0.133 e. The fourth-order valence-electron chi connectivity index (χ4n) is 3.64. The van der Waals surface area contributed by atoms with Gasteiger partial charge in [-0.15, -0.1) is 0 Å². The van der Waals surface area contributed by atoms with Gasteiger partial charge in [-0.05, 0) is 13.0 Å². The van der Waals surface area contributed by atoms with E-state index in [9.17, 15) is 10.2 Å². The Balaban J connectivity index is 2.01. The highest BCUT2D eigenvalue weighted by Crippen LogP contribution is 2.42. The first-order valence-electron chi connectivity index (χ1n) is 9.45. The molecule has 4 N–H and O–H groups in total. The van der Waals surface area contributed by atoms with Crippen LogP contribution in [0.1, 0.15) is 6.92 Å². The zero-order chi connectivity index (χ0) is 19.0. The van der Waals surface area contributed by atoms with Gasteiger partial charge in [-0.2, -0.15) is 0 Å². The van der Waals surface area contributed by atoms with E-state index in [4.69, 9.17) is 0 Å². The molecule has 1 aliphatic heterocycles. The summed E-state index contributed by atoms with van der Waals surface area (Å²) in [5, 5.41) is 29.4. The van der Waals surface area contributed by atoms with Crippen molar-refractivity contribution < 1.29 is 15.1 Å². The summed E-state index contributed by atoms with van der Waals surface area (Å²) < 4.78 is 0. The summed E-state index contributed by atoms with van der Waals surface area (Å²) in [6.07, 6.45) is 0. The minimum Gasteiger partial charge on any atom is -0.507 e. The molecule has 4 rings (SSSR count). The first-order chi connectivity index (χ1) is 13.1. The Morgan fingerprint density at radius 2 is 1.70 bits per heavy atom. The molecule has 0 saturated carbocycles. The second-order valence-corrected chi connectivity index (χ2v) is 7.04. The molecular weight excluding hydrogens is 340 g/mol. The molecule has 1 unspecified atom stereocenters. The quantitative estimate of drug-likeness (QED) is 0.395. The van der Waals surface area contributed by atoms with Gasteiger partial charge < -0.3 is 20.4 Å². The average Bonchev–Trinajstić information content (AvgIpc) is 2.71. The summed E-state index contributed by atoms with van der Waals surface area (Å²) in [5.74, 6) is 0.316. The molecule has 0 radical (unpaired) electrons. The molecule has 0 aliphatic carbocycles. The van der Waals surface area contributed by atoms with E-state index in [1.54, 1.807) is 0 Å². The van der Waals surface area contributed by atoms with Gasteiger partial charge in [-0.1, -0.05) is 24.3 Å². The number of phenols is 2. The number of rotatable bonds is 5. The van der Waals surface area contributed by atoms with Gasteiger partial charge in [0.25, 0.3) is 0 Å². The molecule has 0 fully saturated rings. The highest BCUT2D eigenvalue weighted by Gasteiger charge is 2.19. The first kappa shape index (κ1) is 17.5. The van der Waals surface area contributed by atoms with Crippen molar-refractivity contribution >= 4 is 27.2 Å². The number of nitrogens with zero attached hydrogens (tertiary/aromatic N) is 2. The summed E-state index contributed by atoms with van der Waals surface area (Å²) in [4.78, 5) is 10.6. The molecule has 1 atom stereocenters. The smallest absolute Gasteiger partial charge is 0.133 e. The van der Waals surface area contributed by atoms with Gasteiger partial charge in [0.1, 0.15) is 11.5 Å². The van der Waals surface area contributed by atoms with Gasteiger partial charge in [0.05, 0.1) is 61.3 Å². The van der Waals surface area contributed by atoms with Crippen LogP contribution in [0, 0.1) is 0 Å². The van der Waals surface area contributed by atoms with Gasteiger partial charge in [0.15, 0.2) is 0 Å². The number of anilines is 1. The van der Waals surface area contributed by atoms with Crippen LogP contribution in [-0.4, -0.2) is 50.0 Å². The van der Waals surface area contributed by atoms with E-state index in [0.29, 0.717) is 40.0 Å². The lowest BCUT2D eigenvalue weighted by atomic mass is 9.98. The van der Waals surface area contributed by atoms with Gasteiger partial charge in [0.2, 0.25) is 0 Å². The Hall–Kier alpha value is -2.86. The third-order valence-electron chi connectivity index (χ3n) is 5.31. The van der Waals surface area contributed by atoms with Gasteiger partial charge in [0, 0.05) is 16.5 Å². The Morgan fingerprint density at radius 3 is 2.41 bits per heavy atom. The van der Waals surface area contributed by atoms with E-state index in [2.05, 4.69) is 29.3 Å². The van der Waals surface area contributed by atoms with E-state index in [-0.39, 0.29) is 11.5 Å². The van der Waals surface area contributed by atoms with Crippen molar-refractivity contribution in [1.82, 2.24) is 0 Å². The summed E-state index contributed by atoms with van der Waals surface area (Å²) in [6, 6.07) is 9.29. The molecule has 0 bridgehead atoms. The van der Waals surface area contributed by atoms with Crippen molar-refractivity contribution in [2.24, 2.45) is 9.98 Å². The molecule has 6 nitrogen and oxygen atoms in total. The topological polar surface area (TPSA) is 81.7 Å². The van der Waals surface area contributed by atoms with Gasteiger partial charge in [-0.3, -0.25) is 9.98 Å². The molecule has 0 saturated heterocycles. The Labute approximate surface area is 157 Å². The largest absolute Gasteiger partial charge is 0.507 e. The van der Waals surface area contributed by atoms with E-state index >= 15 is 0 Å². The first-order valence-corrected chi connectivity index (χ1v) is 9.45. The van der Waals surface area contributed by atoms with Crippen LogP contribution in [0.3, 0.4) is 0 Å². The number of fused-ring (bicyclic) bond motifs is 4. The lowest BCUT2D eigenvalue weighted by Gasteiger charge is -2.17. The van der Waals surface area contributed by atoms with Crippen LogP contribution in [0.4, 0.5) is 5.69 Å². The second-order valence-electron chi connectivity index (χ2n) is 7.04. The Bertz CT molecular complexity index is 1140. The number of hydrogen-bond acceptors (Lipinski definition) is 5. The number of hydrogen-bond donors (Lipinski definition) is 4. The summed E-state index contributed by atoms with van der Waals surface area (Å²) in [7, 11) is 2.15. The average molecular weight is 365 g/mol.